The second kappa shape index (κ2) is 4.68. The molecule has 0 spiro atoms. The van der Waals surface area contributed by atoms with E-state index < -0.39 is 0 Å². The SMILES string of the molecule is CC(C)C(=O)N1CCCC1c1nc2ccccc2[nH]1. The van der Waals surface area contributed by atoms with Gasteiger partial charge < -0.3 is 9.88 Å². The highest BCUT2D eigenvalue weighted by atomic mass is 16.2. The average molecular weight is 257 g/mol. The summed E-state index contributed by atoms with van der Waals surface area (Å²) in [4.78, 5) is 22.2. The smallest absolute Gasteiger partial charge is 0.225 e. The molecule has 4 heteroatoms. The van der Waals surface area contributed by atoms with E-state index in [1.54, 1.807) is 0 Å². The quantitative estimate of drug-likeness (QED) is 0.899. The van der Waals surface area contributed by atoms with E-state index in [1.807, 2.05) is 43.0 Å². The van der Waals surface area contributed by atoms with Crippen LogP contribution in [-0.2, 0) is 4.79 Å². The van der Waals surface area contributed by atoms with Gasteiger partial charge in [0.2, 0.25) is 5.91 Å². The van der Waals surface area contributed by atoms with E-state index in [4.69, 9.17) is 0 Å². The Kier molecular flexibility index (Phi) is 3.01. The lowest BCUT2D eigenvalue weighted by Gasteiger charge is -2.24. The number of fused-ring (bicyclic) bond motifs is 1. The number of aromatic amines is 1. The molecular weight excluding hydrogens is 238 g/mol. The summed E-state index contributed by atoms with van der Waals surface area (Å²) in [6.07, 6.45) is 2.05. The number of carbonyl (C=O) groups excluding carboxylic acids is 1. The summed E-state index contributed by atoms with van der Waals surface area (Å²) in [6, 6.07) is 8.12. The molecule has 1 amide bonds. The number of nitrogens with one attached hydrogen (secondary N) is 1. The maximum atomic E-state index is 12.2. The number of likely N-dealkylation sites (tertiary alicyclic amines) is 1. The number of hydrogen-bond donors (Lipinski definition) is 1. The molecule has 1 aromatic carbocycles. The number of hydrogen-bond acceptors (Lipinski definition) is 2. The van der Waals surface area contributed by atoms with E-state index >= 15 is 0 Å². The minimum Gasteiger partial charge on any atom is -0.340 e. The van der Waals surface area contributed by atoms with Crippen LogP contribution in [0.4, 0.5) is 0 Å². The third kappa shape index (κ3) is 2.11. The second-order valence-electron chi connectivity index (χ2n) is 5.48. The van der Waals surface area contributed by atoms with E-state index in [0.717, 1.165) is 36.2 Å². The van der Waals surface area contributed by atoms with Crippen molar-refractivity contribution in [2.45, 2.75) is 32.7 Å². The van der Waals surface area contributed by atoms with Gasteiger partial charge in [-0.2, -0.15) is 0 Å². The molecule has 100 valence electrons. The molecule has 1 aliphatic rings. The molecule has 1 aromatic heterocycles. The summed E-state index contributed by atoms with van der Waals surface area (Å²) in [5.74, 6) is 1.20. The third-order valence-electron chi connectivity index (χ3n) is 3.75. The molecule has 3 rings (SSSR count). The number of rotatable bonds is 2. The Morgan fingerprint density at radius 2 is 2.21 bits per heavy atom. The van der Waals surface area contributed by atoms with Gasteiger partial charge in [0.05, 0.1) is 17.1 Å². The van der Waals surface area contributed by atoms with E-state index in [9.17, 15) is 4.79 Å². The van der Waals surface area contributed by atoms with Crippen LogP contribution >= 0.6 is 0 Å². The Bertz CT molecular complexity index is 569. The molecule has 1 aliphatic heterocycles. The van der Waals surface area contributed by atoms with Crippen LogP contribution < -0.4 is 0 Å². The molecule has 0 bridgehead atoms. The first-order valence-corrected chi connectivity index (χ1v) is 6.92. The molecule has 1 saturated heterocycles. The number of benzene rings is 1. The summed E-state index contributed by atoms with van der Waals surface area (Å²) in [5.41, 5.74) is 2.02. The Labute approximate surface area is 112 Å². The number of para-hydroxylation sites is 2. The fraction of sp³-hybridized carbons (Fsp3) is 0.467. The van der Waals surface area contributed by atoms with Crippen molar-refractivity contribution in [1.29, 1.82) is 0 Å². The topological polar surface area (TPSA) is 49.0 Å². The summed E-state index contributed by atoms with van der Waals surface area (Å²) >= 11 is 0. The first-order valence-electron chi connectivity index (χ1n) is 6.92. The zero-order valence-electron chi connectivity index (χ0n) is 11.4. The normalized spacial score (nSPS) is 19.5. The largest absolute Gasteiger partial charge is 0.340 e. The van der Waals surface area contributed by atoms with Gasteiger partial charge in [-0.3, -0.25) is 4.79 Å². The van der Waals surface area contributed by atoms with Gasteiger partial charge in [-0.15, -0.1) is 0 Å². The number of imidazole rings is 1. The van der Waals surface area contributed by atoms with Crippen LogP contribution in [-0.4, -0.2) is 27.3 Å². The van der Waals surface area contributed by atoms with Gasteiger partial charge in [0.15, 0.2) is 0 Å². The molecule has 0 saturated carbocycles. The summed E-state index contributed by atoms with van der Waals surface area (Å²) in [5, 5.41) is 0. The fourth-order valence-corrected chi connectivity index (χ4v) is 2.78. The molecular formula is C15H19N3O. The number of nitrogens with zero attached hydrogens (tertiary/aromatic N) is 2. The molecule has 4 nitrogen and oxygen atoms in total. The van der Waals surface area contributed by atoms with Crippen LogP contribution in [0.5, 0.6) is 0 Å². The van der Waals surface area contributed by atoms with Crippen LogP contribution in [0.25, 0.3) is 11.0 Å². The lowest BCUT2D eigenvalue weighted by atomic mass is 10.1. The number of H-pyrrole nitrogens is 1. The van der Waals surface area contributed by atoms with Gasteiger partial charge >= 0.3 is 0 Å². The minimum atomic E-state index is 0.0463. The fourth-order valence-electron chi connectivity index (χ4n) is 2.78. The van der Waals surface area contributed by atoms with Crippen LogP contribution in [0, 0.1) is 5.92 Å². The van der Waals surface area contributed by atoms with E-state index in [1.165, 1.54) is 0 Å². The van der Waals surface area contributed by atoms with Crippen LogP contribution in [0.3, 0.4) is 0 Å². The lowest BCUT2D eigenvalue weighted by Crippen LogP contribution is -2.34. The van der Waals surface area contributed by atoms with Gasteiger partial charge in [-0.25, -0.2) is 4.98 Å². The van der Waals surface area contributed by atoms with Gasteiger partial charge in [0.25, 0.3) is 0 Å². The van der Waals surface area contributed by atoms with Crippen molar-refractivity contribution in [3.63, 3.8) is 0 Å². The van der Waals surface area contributed by atoms with Gasteiger partial charge in [0, 0.05) is 12.5 Å². The summed E-state index contributed by atoms with van der Waals surface area (Å²) in [6.45, 7) is 4.76. The second-order valence-corrected chi connectivity index (χ2v) is 5.48. The molecule has 0 aliphatic carbocycles. The van der Waals surface area contributed by atoms with E-state index in [2.05, 4.69) is 9.97 Å². The van der Waals surface area contributed by atoms with Crippen LogP contribution in [0.1, 0.15) is 38.6 Å². The molecule has 0 radical (unpaired) electrons. The first kappa shape index (κ1) is 12.2. The van der Waals surface area contributed by atoms with Crippen LogP contribution in [0.15, 0.2) is 24.3 Å². The summed E-state index contributed by atoms with van der Waals surface area (Å²) in [7, 11) is 0. The third-order valence-corrected chi connectivity index (χ3v) is 3.75. The Hall–Kier alpha value is -1.84. The lowest BCUT2D eigenvalue weighted by molar-refractivity contribution is -0.135. The monoisotopic (exact) mass is 257 g/mol. The Morgan fingerprint density at radius 3 is 2.95 bits per heavy atom. The van der Waals surface area contributed by atoms with Crippen molar-refractivity contribution in [2.75, 3.05) is 6.54 Å². The van der Waals surface area contributed by atoms with Crippen molar-refractivity contribution in [2.24, 2.45) is 5.92 Å². The standard InChI is InChI=1S/C15H19N3O/c1-10(2)15(19)18-9-5-8-13(18)14-16-11-6-3-4-7-12(11)17-14/h3-4,6-7,10,13H,5,8-9H2,1-2H3,(H,16,17). The molecule has 1 N–H and O–H groups in total. The van der Waals surface area contributed by atoms with Crippen molar-refractivity contribution < 1.29 is 4.79 Å². The molecule has 1 unspecified atom stereocenters. The zero-order valence-corrected chi connectivity index (χ0v) is 11.4. The van der Waals surface area contributed by atoms with Crippen molar-refractivity contribution in [3.8, 4) is 0 Å². The predicted molar refractivity (Wildman–Crippen MR) is 74.6 cm³/mol. The molecule has 2 heterocycles. The number of aromatic nitrogens is 2. The maximum Gasteiger partial charge on any atom is 0.225 e. The van der Waals surface area contributed by atoms with E-state index in [-0.39, 0.29) is 17.9 Å². The van der Waals surface area contributed by atoms with Crippen molar-refractivity contribution >= 4 is 16.9 Å². The minimum absolute atomic E-state index is 0.0463. The van der Waals surface area contributed by atoms with Crippen molar-refractivity contribution in [1.82, 2.24) is 14.9 Å². The highest BCUT2D eigenvalue weighted by molar-refractivity contribution is 5.79. The van der Waals surface area contributed by atoms with Gasteiger partial charge in [-0.1, -0.05) is 26.0 Å². The maximum absolute atomic E-state index is 12.2. The zero-order chi connectivity index (χ0) is 13.4. The first-order chi connectivity index (χ1) is 9.16. The molecule has 19 heavy (non-hydrogen) atoms. The number of carbonyl (C=O) groups is 1. The molecule has 1 fully saturated rings. The van der Waals surface area contributed by atoms with E-state index in [0.29, 0.717) is 0 Å². The highest BCUT2D eigenvalue weighted by Crippen LogP contribution is 2.32. The Morgan fingerprint density at radius 1 is 1.42 bits per heavy atom. The number of amides is 1. The Balaban J connectivity index is 1.93. The average Bonchev–Trinajstić information content (AvgIpc) is 3.03. The molecule has 1 atom stereocenters. The molecule has 2 aromatic rings. The predicted octanol–water partition coefficient (Wildman–Crippen LogP) is 2.88. The highest BCUT2D eigenvalue weighted by Gasteiger charge is 2.32. The summed E-state index contributed by atoms with van der Waals surface area (Å²) < 4.78 is 0. The van der Waals surface area contributed by atoms with Crippen LogP contribution in [0.2, 0.25) is 0 Å². The van der Waals surface area contributed by atoms with Gasteiger partial charge in [0.1, 0.15) is 5.82 Å². The van der Waals surface area contributed by atoms with Crippen molar-refractivity contribution in [3.05, 3.63) is 30.1 Å². The van der Waals surface area contributed by atoms with Gasteiger partial charge in [-0.05, 0) is 25.0 Å².